The van der Waals surface area contributed by atoms with Gasteiger partial charge in [-0.05, 0) is 0 Å². The summed E-state index contributed by atoms with van der Waals surface area (Å²) in [6, 6.07) is 10.1. The molecular weight excluding hydrogens is 192 g/mol. The number of rotatable bonds is 2. The number of hydrogen-bond acceptors (Lipinski definition) is 0. The topological polar surface area (TPSA) is 52.0 Å². The minimum absolute atomic E-state index is 0. The maximum atomic E-state index is 5.30. The van der Waals surface area contributed by atoms with Crippen molar-refractivity contribution in [3.8, 4) is 0 Å². The highest BCUT2D eigenvalue weighted by molar-refractivity contribution is 7.77. The average Bonchev–Trinajstić information content (AvgIpc) is 2.03. The van der Waals surface area contributed by atoms with Gasteiger partial charge >= 0.3 is 5.11 Å². The summed E-state index contributed by atoms with van der Waals surface area (Å²) >= 11 is 1.46. The van der Waals surface area contributed by atoms with Crippen LogP contribution < -0.4 is 23.9 Å². The minimum atomic E-state index is 0. The number of benzene rings is 1. The molecule has 4 heteroatoms. The second-order valence-corrected chi connectivity index (χ2v) is 3.23. The van der Waals surface area contributed by atoms with Gasteiger partial charge in [-0.2, -0.15) is 0 Å². The van der Waals surface area contributed by atoms with Crippen LogP contribution in [0.5, 0.6) is 0 Å². The summed E-state index contributed by atoms with van der Waals surface area (Å²) in [5, 5.41) is 0.425. The van der Waals surface area contributed by atoms with E-state index in [1.165, 1.54) is 16.9 Å². The molecule has 0 aliphatic carbocycles. The second-order valence-electron chi connectivity index (χ2n) is 2.18. The van der Waals surface area contributed by atoms with Crippen molar-refractivity contribution in [1.29, 1.82) is 0 Å². The third kappa shape index (κ3) is 4.41. The van der Waals surface area contributed by atoms with Gasteiger partial charge in [0.05, 0.1) is 0 Å². The highest BCUT2D eigenvalue weighted by Gasteiger charge is 1.99. The Bertz CT molecular complexity index is 244. The van der Waals surface area contributed by atoms with E-state index in [0.717, 1.165) is 5.75 Å². The maximum Gasteiger partial charge on any atom is 0.315 e. The van der Waals surface area contributed by atoms with Crippen molar-refractivity contribution in [1.82, 2.24) is 0 Å². The molecule has 12 heavy (non-hydrogen) atoms. The van der Waals surface area contributed by atoms with Crippen molar-refractivity contribution in [3.05, 3.63) is 35.9 Å². The molecule has 0 fully saturated rings. The predicted octanol–water partition coefficient (Wildman–Crippen LogP) is -2.72. The Hall–Kier alpha value is -0.480. The average molecular weight is 203 g/mol. The fourth-order valence-electron chi connectivity index (χ4n) is 0.741. The van der Waals surface area contributed by atoms with Crippen molar-refractivity contribution in [2.75, 3.05) is 0 Å². The first-order valence-electron chi connectivity index (χ1n) is 3.33. The zero-order valence-electron chi connectivity index (χ0n) is 6.53. The molecule has 0 saturated heterocycles. The highest BCUT2D eigenvalue weighted by Crippen LogP contribution is 1.97. The van der Waals surface area contributed by atoms with Crippen molar-refractivity contribution in [2.45, 2.75) is 5.75 Å². The molecule has 0 heterocycles. The third-order valence-corrected chi connectivity index (χ3v) is 2.06. The zero-order valence-corrected chi connectivity index (χ0v) is 8.11. The number of nitrogens with two attached hydrogens (primary N) is 2. The van der Waals surface area contributed by atoms with Crippen LogP contribution >= 0.6 is 0 Å². The lowest BCUT2D eigenvalue weighted by Gasteiger charge is -1.85. The van der Waals surface area contributed by atoms with E-state index in [0.29, 0.717) is 5.11 Å². The van der Waals surface area contributed by atoms with Crippen LogP contribution in [-0.2, 0) is 17.1 Å². The Labute approximate surface area is 82.3 Å². The van der Waals surface area contributed by atoms with Crippen LogP contribution in [0.2, 0.25) is 0 Å². The van der Waals surface area contributed by atoms with Crippen LogP contribution in [0.25, 0.3) is 0 Å². The lowest BCUT2D eigenvalue weighted by atomic mass is 10.2. The molecule has 1 rings (SSSR count). The Balaban J connectivity index is 0.00000121. The highest BCUT2D eigenvalue weighted by atomic mass is 35.5. The van der Waals surface area contributed by atoms with Crippen molar-refractivity contribution in [3.63, 3.8) is 0 Å². The van der Waals surface area contributed by atoms with Crippen molar-refractivity contribution in [2.24, 2.45) is 11.5 Å². The van der Waals surface area contributed by atoms with Crippen molar-refractivity contribution < 1.29 is 12.4 Å². The quantitative estimate of drug-likeness (QED) is 0.405. The molecule has 1 aromatic rings. The molecular formula is C8H11ClN2S. The summed E-state index contributed by atoms with van der Waals surface area (Å²) in [6.07, 6.45) is 0. The third-order valence-electron chi connectivity index (χ3n) is 1.25. The van der Waals surface area contributed by atoms with Gasteiger partial charge in [0.2, 0.25) is 17.1 Å². The summed E-state index contributed by atoms with van der Waals surface area (Å²) in [7, 11) is 0. The first-order valence-corrected chi connectivity index (χ1v) is 4.32. The van der Waals surface area contributed by atoms with Gasteiger partial charge in [0, 0.05) is 5.56 Å². The summed E-state index contributed by atoms with van der Waals surface area (Å²) in [5.74, 6) is 0.850. The van der Waals surface area contributed by atoms with E-state index < -0.39 is 0 Å². The summed E-state index contributed by atoms with van der Waals surface area (Å²) in [4.78, 5) is 0. The molecule has 0 amide bonds. The summed E-state index contributed by atoms with van der Waals surface area (Å²) in [6.45, 7) is 0. The Morgan fingerprint density at radius 1 is 1.17 bits per heavy atom. The van der Waals surface area contributed by atoms with Crippen molar-refractivity contribution >= 4 is 16.5 Å². The molecule has 66 valence electrons. The van der Waals surface area contributed by atoms with Gasteiger partial charge in [-0.3, -0.25) is 0 Å². The largest absolute Gasteiger partial charge is 1.00 e. The van der Waals surface area contributed by atoms with Gasteiger partial charge in [0.25, 0.3) is 0 Å². The molecule has 0 unspecified atom stereocenters. The van der Waals surface area contributed by atoms with Crippen LogP contribution in [0, 0.1) is 0 Å². The van der Waals surface area contributed by atoms with Gasteiger partial charge in [0.1, 0.15) is 0 Å². The minimum Gasteiger partial charge on any atom is -1.00 e. The normalized spacial score (nSPS) is 8.50. The number of hydrogen-bond donors (Lipinski definition) is 2. The Morgan fingerprint density at radius 2 is 1.75 bits per heavy atom. The number of halogens is 1. The van der Waals surface area contributed by atoms with Gasteiger partial charge in [-0.1, -0.05) is 30.3 Å². The monoisotopic (exact) mass is 202 g/mol. The fraction of sp³-hybridized carbons (Fsp3) is 0.125. The second kappa shape index (κ2) is 6.08. The van der Waals surface area contributed by atoms with Gasteiger partial charge in [-0.25, -0.2) is 11.5 Å². The van der Waals surface area contributed by atoms with E-state index in [2.05, 4.69) is 12.1 Å². The maximum absolute atomic E-state index is 5.30. The molecule has 0 saturated carbocycles. The lowest BCUT2D eigenvalue weighted by molar-refractivity contribution is -0.00000244. The molecule has 1 aromatic carbocycles. The van der Waals surface area contributed by atoms with Crippen LogP contribution in [0.3, 0.4) is 0 Å². The summed E-state index contributed by atoms with van der Waals surface area (Å²) in [5.41, 5.74) is 11.8. The van der Waals surface area contributed by atoms with Gasteiger partial charge in [-0.15, -0.1) is 0 Å². The van der Waals surface area contributed by atoms with E-state index in [-0.39, 0.29) is 12.4 Å². The summed E-state index contributed by atoms with van der Waals surface area (Å²) < 4.78 is 0. The van der Waals surface area contributed by atoms with Gasteiger partial charge in [0.15, 0.2) is 0 Å². The fourth-order valence-corrected chi connectivity index (χ4v) is 1.27. The zero-order chi connectivity index (χ0) is 8.10. The first-order chi connectivity index (χ1) is 5.29. The van der Waals surface area contributed by atoms with E-state index in [1.54, 1.807) is 0 Å². The molecule has 4 N–H and O–H groups in total. The standard InChI is InChI=1S/C8H11N2S.ClH/c9-8(10)11-6-7-4-2-1-3-5-7;/h1-5H,6,9-10H2;1H/q+1;/p-1. The molecule has 0 aromatic heterocycles. The predicted molar refractivity (Wildman–Crippen MR) is 50.9 cm³/mol. The van der Waals surface area contributed by atoms with Crippen LogP contribution in [0.4, 0.5) is 0 Å². The molecule has 0 radical (unpaired) electrons. The molecule has 0 aliphatic heterocycles. The van der Waals surface area contributed by atoms with Gasteiger partial charge < -0.3 is 12.4 Å². The Kier molecular flexibility index (Phi) is 5.84. The van der Waals surface area contributed by atoms with E-state index in [1.807, 2.05) is 18.2 Å². The van der Waals surface area contributed by atoms with Crippen LogP contribution in [0.1, 0.15) is 5.56 Å². The lowest BCUT2D eigenvalue weighted by Crippen LogP contribution is -3.00. The van der Waals surface area contributed by atoms with Crippen LogP contribution in [-0.4, -0.2) is 5.11 Å². The van der Waals surface area contributed by atoms with E-state index >= 15 is 0 Å². The smallest absolute Gasteiger partial charge is 0.315 e. The molecule has 0 spiro atoms. The first kappa shape index (κ1) is 11.5. The molecule has 0 aliphatic rings. The molecule has 0 atom stereocenters. The van der Waals surface area contributed by atoms with Crippen LogP contribution in [0.15, 0.2) is 30.3 Å². The van der Waals surface area contributed by atoms with E-state index in [4.69, 9.17) is 11.5 Å². The SMILES string of the molecule is NC(N)=[S+]Cc1ccccc1.[Cl-]. The Morgan fingerprint density at radius 3 is 2.25 bits per heavy atom. The molecule has 0 bridgehead atoms. The molecule has 2 nitrogen and oxygen atoms in total. The van der Waals surface area contributed by atoms with E-state index in [9.17, 15) is 0 Å².